The fraction of sp³-hybridized carbons (Fsp3) is 0.318. The van der Waals surface area contributed by atoms with Gasteiger partial charge in [0.2, 0.25) is 5.91 Å². The third-order valence-corrected chi connectivity index (χ3v) is 5.32. The molecule has 2 atom stereocenters. The summed E-state index contributed by atoms with van der Waals surface area (Å²) in [5.41, 5.74) is 12.8. The number of benzene rings is 2. The van der Waals surface area contributed by atoms with Crippen molar-refractivity contribution in [2.45, 2.75) is 25.0 Å². The zero-order chi connectivity index (χ0) is 23.8. The summed E-state index contributed by atoms with van der Waals surface area (Å²) in [4.78, 5) is 35.8. The van der Waals surface area contributed by atoms with Gasteiger partial charge in [0.05, 0.1) is 26.7 Å². The van der Waals surface area contributed by atoms with E-state index in [2.05, 4.69) is 12.6 Å². The number of hydrogen-bond acceptors (Lipinski definition) is 7. The van der Waals surface area contributed by atoms with Gasteiger partial charge >= 0.3 is 5.97 Å². The van der Waals surface area contributed by atoms with Crippen molar-refractivity contribution in [2.24, 2.45) is 11.5 Å². The van der Waals surface area contributed by atoms with E-state index in [4.69, 9.17) is 26.0 Å². The van der Waals surface area contributed by atoms with Crippen LogP contribution in [0.2, 0.25) is 0 Å². The SMILES string of the molecule is COc1ccc(C(CC(N)=O)N2Cc3ccccc3C2=O)cc1OC.NC(CS)C(=O)O. The lowest BCUT2D eigenvalue weighted by Crippen LogP contribution is -2.32. The van der Waals surface area contributed by atoms with Crippen LogP contribution in [0.15, 0.2) is 42.5 Å². The largest absolute Gasteiger partial charge is 0.493 e. The van der Waals surface area contributed by atoms with Gasteiger partial charge in [0.1, 0.15) is 6.04 Å². The summed E-state index contributed by atoms with van der Waals surface area (Å²) < 4.78 is 10.6. The van der Waals surface area contributed by atoms with Crippen LogP contribution in [0.25, 0.3) is 0 Å². The maximum absolute atomic E-state index is 12.8. The zero-order valence-corrected chi connectivity index (χ0v) is 18.7. The number of thiol groups is 1. The Labute approximate surface area is 191 Å². The Morgan fingerprint density at radius 1 is 1.16 bits per heavy atom. The van der Waals surface area contributed by atoms with Crippen LogP contribution < -0.4 is 20.9 Å². The summed E-state index contributed by atoms with van der Waals surface area (Å²) >= 11 is 3.65. The molecule has 1 aliphatic rings. The van der Waals surface area contributed by atoms with Gasteiger partial charge in [0.15, 0.2) is 11.5 Å². The number of carboxylic acids is 1. The molecule has 0 saturated carbocycles. The molecule has 1 heterocycles. The van der Waals surface area contributed by atoms with Crippen LogP contribution in [0.5, 0.6) is 11.5 Å². The lowest BCUT2D eigenvalue weighted by molar-refractivity contribution is -0.137. The number of ether oxygens (including phenoxy) is 2. The van der Waals surface area contributed by atoms with Crippen LogP contribution in [0.4, 0.5) is 0 Å². The number of fused-ring (bicyclic) bond motifs is 1. The van der Waals surface area contributed by atoms with Crippen molar-refractivity contribution < 1.29 is 29.0 Å². The molecule has 2 amide bonds. The van der Waals surface area contributed by atoms with E-state index in [-0.39, 0.29) is 18.1 Å². The summed E-state index contributed by atoms with van der Waals surface area (Å²) in [6.07, 6.45) is 0.0369. The monoisotopic (exact) mass is 461 g/mol. The topological polar surface area (TPSA) is 145 Å². The maximum Gasteiger partial charge on any atom is 0.321 e. The molecule has 0 saturated heterocycles. The fourth-order valence-electron chi connectivity index (χ4n) is 3.27. The lowest BCUT2D eigenvalue weighted by Gasteiger charge is -2.28. The molecule has 0 fully saturated rings. The Bertz CT molecular complexity index is 984. The van der Waals surface area contributed by atoms with E-state index in [0.29, 0.717) is 23.6 Å². The first-order chi connectivity index (χ1) is 15.2. The average molecular weight is 462 g/mol. The van der Waals surface area contributed by atoms with Crippen LogP contribution in [0, 0.1) is 0 Å². The number of hydrogen-bond donors (Lipinski definition) is 4. The number of rotatable bonds is 8. The van der Waals surface area contributed by atoms with Crippen molar-refractivity contribution >= 4 is 30.4 Å². The van der Waals surface area contributed by atoms with E-state index in [1.807, 2.05) is 24.3 Å². The second-order valence-electron chi connectivity index (χ2n) is 7.02. The van der Waals surface area contributed by atoms with Gasteiger partial charge in [-0.15, -0.1) is 0 Å². The van der Waals surface area contributed by atoms with Gasteiger partial charge in [0.25, 0.3) is 5.91 Å². The second-order valence-corrected chi connectivity index (χ2v) is 7.38. The predicted molar refractivity (Wildman–Crippen MR) is 122 cm³/mol. The minimum Gasteiger partial charge on any atom is -0.493 e. The summed E-state index contributed by atoms with van der Waals surface area (Å²) in [5.74, 6) is -0.260. The Kier molecular flexibility index (Phi) is 8.91. The highest BCUT2D eigenvalue weighted by atomic mass is 32.1. The fourth-order valence-corrected chi connectivity index (χ4v) is 3.42. The molecule has 0 aliphatic carbocycles. The van der Waals surface area contributed by atoms with Crippen LogP contribution in [-0.2, 0) is 16.1 Å². The molecule has 10 heteroatoms. The number of primary amides is 1. The normalized spacial score (nSPS) is 14.0. The highest BCUT2D eigenvalue weighted by Gasteiger charge is 2.34. The zero-order valence-electron chi connectivity index (χ0n) is 17.9. The van der Waals surface area contributed by atoms with Crippen LogP contribution in [0.1, 0.15) is 33.9 Å². The molecule has 0 spiro atoms. The van der Waals surface area contributed by atoms with Crippen molar-refractivity contribution in [3.63, 3.8) is 0 Å². The second kappa shape index (κ2) is 11.4. The van der Waals surface area contributed by atoms with Gasteiger partial charge in [-0.05, 0) is 29.3 Å². The molecule has 2 aromatic rings. The molecule has 2 unspecified atom stereocenters. The quantitative estimate of drug-likeness (QED) is 0.437. The Balaban J connectivity index is 0.000000451. The molecule has 32 heavy (non-hydrogen) atoms. The minimum absolute atomic E-state index is 0.0369. The number of carboxylic acid groups (broad SMARTS) is 1. The van der Waals surface area contributed by atoms with Gasteiger partial charge in [-0.1, -0.05) is 24.3 Å². The van der Waals surface area contributed by atoms with Crippen LogP contribution in [-0.4, -0.2) is 53.8 Å². The van der Waals surface area contributed by atoms with Crippen LogP contribution in [0.3, 0.4) is 0 Å². The molecule has 0 aromatic heterocycles. The van der Waals surface area contributed by atoms with Gasteiger partial charge in [0, 0.05) is 17.9 Å². The molecular formula is C22H27N3O6S. The maximum atomic E-state index is 12.8. The number of aliphatic carboxylic acids is 1. The number of methoxy groups -OCH3 is 2. The number of nitrogens with two attached hydrogens (primary N) is 2. The molecule has 3 rings (SSSR count). The smallest absolute Gasteiger partial charge is 0.321 e. The van der Waals surface area contributed by atoms with E-state index >= 15 is 0 Å². The van der Waals surface area contributed by atoms with Gasteiger partial charge in [-0.25, -0.2) is 0 Å². The van der Waals surface area contributed by atoms with E-state index < -0.39 is 24.0 Å². The van der Waals surface area contributed by atoms with E-state index in [9.17, 15) is 14.4 Å². The van der Waals surface area contributed by atoms with Crippen LogP contribution >= 0.6 is 12.6 Å². The number of nitrogens with zero attached hydrogens (tertiary/aromatic N) is 1. The Morgan fingerprint density at radius 3 is 2.31 bits per heavy atom. The summed E-state index contributed by atoms with van der Waals surface area (Å²) in [6.45, 7) is 0.446. The molecule has 1 aliphatic heterocycles. The van der Waals surface area contributed by atoms with Crippen molar-refractivity contribution in [2.75, 3.05) is 20.0 Å². The van der Waals surface area contributed by atoms with Gasteiger partial charge in [-0.3, -0.25) is 14.4 Å². The summed E-state index contributed by atoms with van der Waals surface area (Å²) in [6, 6.07) is 11.5. The molecule has 9 nitrogen and oxygen atoms in total. The molecule has 0 bridgehead atoms. The standard InChI is InChI=1S/C19H20N2O4.C3H7NO2S/c1-24-16-8-7-12(9-17(16)25-2)15(10-18(20)22)21-11-13-5-3-4-6-14(13)19(21)23;4-2(1-7)3(5)6/h3-9,15H,10-11H2,1-2H3,(H2,20,22);2,7H,1,4H2,(H,5,6). The Hall–Kier alpha value is -3.24. The third-order valence-electron chi connectivity index (χ3n) is 4.93. The molecule has 172 valence electrons. The summed E-state index contributed by atoms with van der Waals surface area (Å²) in [5, 5.41) is 8.01. The summed E-state index contributed by atoms with van der Waals surface area (Å²) in [7, 11) is 3.10. The first-order valence-electron chi connectivity index (χ1n) is 9.71. The average Bonchev–Trinajstić information content (AvgIpc) is 3.13. The van der Waals surface area contributed by atoms with E-state index in [1.165, 1.54) is 0 Å². The highest BCUT2D eigenvalue weighted by molar-refractivity contribution is 7.80. The highest BCUT2D eigenvalue weighted by Crippen LogP contribution is 2.37. The molecule has 5 N–H and O–H groups in total. The van der Waals surface area contributed by atoms with Crippen molar-refractivity contribution in [3.05, 3.63) is 59.2 Å². The van der Waals surface area contributed by atoms with Crippen molar-refractivity contribution in [1.29, 1.82) is 0 Å². The Morgan fingerprint density at radius 2 is 1.81 bits per heavy atom. The molecule has 2 aromatic carbocycles. The van der Waals surface area contributed by atoms with E-state index in [0.717, 1.165) is 11.1 Å². The lowest BCUT2D eigenvalue weighted by atomic mass is 10.0. The third kappa shape index (κ3) is 5.92. The van der Waals surface area contributed by atoms with Crippen molar-refractivity contribution in [1.82, 2.24) is 4.90 Å². The number of carbonyl (C=O) groups is 3. The van der Waals surface area contributed by atoms with Gasteiger partial charge < -0.3 is 30.9 Å². The first kappa shape index (κ1) is 25.0. The van der Waals surface area contributed by atoms with Crippen molar-refractivity contribution in [3.8, 4) is 11.5 Å². The predicted octanol–water partition coefficient (Wildman–Crippen LogP) is 1.60. The minimum atomic E-state index is -1.00. The number of carbonyl (C=O) groups excluding carboxylic acids is 2. The number of amides is 2. The van der Waals surface area contributed by atoms with E-state index in [1.54, 1.807) is 37.3 Å². The molecule has 0 radical (unpaired) electrons. The van der Waals surface area contributed by atoms with Gasteiger partial charge in [-0.2, -0.15) is 12.6 Å². The first-order valence-corrected chi connectivity index (χ1v) is 10.3. The molecular weight excluding hydrogens is 434 g/mol.